The molecule has 1 aromatic heterocycles. The topological polar surface area (TPSA) is 70.2 Å². The number of anilines is 2. The lowest BCUT2D eigenvalue weighted by Gasteiger charge is -2.12. The Balaban J connectivity index is 2.10. The number of nitrogens with zero attached hydrogens (tertiary/aromatic N) is 3. The van der Waals surface area contributed by atoms with Gasteiger partial charge >= 0.3 is 0 Å². The van der Waals surface area contributed by atoms with Crippen LogP contribution >= 0.6 is 11.6 Å². The quantitative estimate of drug-likeness (QED) is 0.840. The third-order valence-electron chi connectivity index (χ3n) is 3.40. The Morgan fingerprint density at radius 2 is 2.04 bits per heavy atom. The summed E-state index contributed by atoms with van der Waals surface area (Å²) in [5.74, 6) is 0.109. The second-order valence-corrected chi connectivity index (χ2v) is 6.30. The van der Waals surface area contributed by atoms with Crippen molar-refractivity contribution in [3.63, 3.8) is 0 Å². The monoisotopic (exact) mass is 347 g/mol. The lowest BCUT2D eigenvalue weighted by Crippen LogP contribution is -2.22. The van der Waals surface area contributed by atoms with Gasteiger partial charge < -0.3 is 15.5 Å². The molecule has 0 bridgehead atoms. The van der Waals surface area contributed by atoms with E-state index in [1.54, 1.807) is 12.3 Å². The van der Waals surface area contributed by atoms with Gasteiger partial charge in [0.2, 0.25) is 5.95 Å². The van der Waals surface area contributed by atoms with Gasteiger partial charge in [-0.1, -0.05) is 17.7 Å². The molecule has 0 unspecified atom stereocenters. The number of carbonyl (C=O) groups excluding carboxylic acids is 1. The molecule has 128 valence electrons. The molecule has 6 nitrogen and oxygen atoms in total. The van der Waals surface area contributed by atoms with Crippen molar-refractivity contribution in [1.29, 1.82) is 0 Å². The van der Waals surface area contributed by atoms with E-state index >= 15 is 0 Å². The van der Waals surface area contributed by atoms with Gasteiger partial charge in [-0.3, -0.25) is 4.79 Å². The largest absolute Gasteiger partial charge is 0.353 e. The number of rotatable bonds is 6. The van der Waals surface area contributed by atoms with Crippen LogP contribution in [0.15, 0.2) is 24.4 Å². The third-order valence-corrected chi connectivity index (χ3v) is 3.70. The first-order valence-corrected chi connectivity index (χ1v) is 8.04. The molecule has 0 spiro atoms. The zero-order chi connectivity index (χ0) is 17.7. The molecule has 0 aliphatic carbocycles. The Hall–Kier alpha value is -2.18. The summed E-state index contributed by atoms with van der Waals surface area (Å²) in [5, 5.41) is 6.43. The van der Waals surface area contributed by atoms with Crippen molar-refractivity contribution in [3.8, 4) is 0 Å². The predicted octanol–water partition coefficient (Wildman–Crippen LogP) is 2.97. The van der Waals surface area contributed by atoms with Gasteiger partial charge in [0.1, 0.15) is 5.69 Å². The minimum absolute atomic E-state index is 0.286. The first kappa shape index (κ1) is 18.2. The van der Waals surface area contributed by atoms with E-state index in [1.807, 2.05) is 45.0 Å². The highest BCUT2D eigenvalue weighted by atomic mass is 35.5. The fourth-order valence-electron chi connectivity index (χ4n) is 2.21. The van der Waals surface area contributed by atoms with Crippen LogP contribution in [0.3, 0.4) is 0 Å². The maximum atomic E-state index is 12.4. The molecule has 1 amide bonds. The van der Waals surface area contributed by atoms with Crippen LogP contribution in [0.1, 0.15) is 21.6 Å². The van der Waals surface area contributed by atoms with E-state index < -0.39 is 0 Å². The van der Waals surface area contributed by atoms with E-state index in [4.69, 9.17) is 11.6 Å². The number of halogens is 1. The normalized spacial score (nSPS) is 10.8. The molecule has 2 aromatic rings. The summed E-state index contributed by atoms with van der Waals surface area (Å²) >= 11 is 6.23. The summed E-state index contributed by atoms with van der Waals surface area (Å²) in [6.07, 6.45) is 1.56. The van der Waals surface area contributed by atoms with Crippen molar-refractivity contribution >= 4 is 29.1 Å². The van der Waals surface area contributed by atoms with Gasteiger partial charge in [-0.2, -0.15) is 0 Å². The average molecular weight is 348 g/mol. The van der Waals surface area contributed by atoms with Gasteiger partial charge in [-0.05, 0) is 51.2 Å². The number of carbonyl (C=O) groups is 1. The smallest absolute Gasteiger partial charge is 0.274 e. The van der Waals surface area contributed by atoms with Crippen LogP contribution in [0.25, 0.3) is 0 Å². The predicted molar refractivity (Wildman–Crippen MR) is 98.0 cm³/mol. The minimum atomic E-state index is -0.318. The molecule has 0 aliphatic heterocycles. The molecule has 0 fully saturated rings. The van der Waals surface area contributed by atoms with Crippen LogP contribution in [-0.4, -0.2) is 48.0 Å². The van der Waals surface area contributed by atoms with E-state index in [9.17, 15) is 4.79 Å². The molecule has 1 aromatic carbocycles. The summed E-state index contributed by atoms with van der Waals surface area (Å²) < 4.78 is 0. The molecular weight excluding hydrogens is 326 g/mol. The number of aromatic nitrogens is 2. The Morgan fingerprint density at radius 3 is 2.71 bits per heavy atom. The highest BCUT2D eigenvalue weighted by molar-refractivity contribution is 6.34. The summed E-state index contributed by atoms with van der Waals surface area (Å²) in [7, 11) is 3.97. The lowest BCUT2D eigenvalue weighted by atomic mass is 10.1. The van der Waals surface area contributed by atoms with Crippen LogP contribution < -0.4 is 10.6 Å². The number of hydrogen-bond acceptors (Lipinski definition) is 5. The van der Waals surface area contributed by atoms with E-state index in [0.29, 0.717) is 23.2 Å². The van der Waals surface area contributed by atoms with Crippen molar-refractivity contribution in [2.24, 2.45) is 0 Å². The van der Waals surface area contributed by atoms with Crippen molar-refractivity contribution in [2.45, 2.75) is 13.8 Å². The van der Waals surface area contributed by atoms with Gasteiger partial charge in [-0.15, -0.1) is 0 Å². The summed E-state index contributed by atoms with van der Waals surface area (Å²) in [4.78, 5) is 22.9. The number of hydrogen-bond donors (Lipinski definition) is 2. The first-order valence-electron chi connectivity index (χ1n) is 7.66. The van der Waals surface area contributed by atoms with Crippen LogP contribution in [0.5, 0.6) is 0 Å². The summed E-state index contributed by atoms with van der Waals surface area (Å²) in [5.41, 5.74) is 2.85. The van der Waals surface area contributed by atoms with Crippen LogP contribution in [-0.2, 0) is 0 Å². The second-order valence-electron chi connectivity index (χ2n) is 5.89. The second kappa shape index (κ2) is 8.08. The number of aryl methyl sites for hydroxylation is 2. The van der Waals surface area contributed by atoms with Crippen molar-refractivity contribution in [1.82, 2.24) is 14.9 Å². The standard InChI is InChI=1S/C17H22ClN5O/c1-11-9-12(2)15(13(18)10-11)22-16(24)14-5-6-19-17(21-14)20-7-8-23(3)4/h5-6,9-10H,7-8H2,1-4H3,(H,22,24)(H,19,20,21). The fraction of sp³-hybridized carbons (Fsp3) is 0.353. The van der Waals surface area contributed by atoms with Gasteiger partial charge in [0.05, 0.1) is 10.7 Å². The third kappa shape index (κ3) is 4.91. The molecule has 0 radical (unpaired) electrons. The first-order chi connectivity index (χ1) is 11.4. The molecule has 0 saturated heterocycles. The summed E-state index contributed by atoms with van der Waals surface area (Å²) in [6, 6.07) is 5.36. The maximum Gasteiger partial charge on any atom is 0.274 e. The van der Waals surface area contributed by atoms with E-state index in [2.05, 4.69) is 20.6 Å². The van der Waals surface area contributed by atoms with Crippen molar-refractivity contribution in [2.75, 3.05) is 37.8 Å². The molecule has 0 saturated carbocycles. The number of nitrogens with one attached hydrogen (secondary N) is 2. The van der Waals surface area contributed by atoms with E-state index in [1.165, 1.54) is 0 Å². The van der Waals surface area contributed by atoms with Crippen LogP contribution in [0.4, 0.5) is 11.6 Å². The van der Waals surface area contributed by atoms with E-state index in [0.717, 1.165) is 17.7 Å². The van der Waals surface area contributed by atoms with Gasteiger partial charge in [0, 0.05) is 19.3 Å². The van der Waals surface area contributed by atoms with Crippen molar-refractivity contribution in [3.05, 3.63) is 46.2 Å². The average Bonchev–Trinajstić information content (AvgIpc) is 2.50. The molecule has 0 aliphatic rings. The van der Waals surface area contributed by atoms with E-state index in [-0.39, 0.29) is 11.6 Å². The molecular formula is C17H22ClN5O. The Bertz CT molecular complexity index is 710. The lowest BCUT2D eigenvalue weighted by molar-refractivity contribution is 0.102. The number of likely N-dealkylation sites (N-methyl/N-ethyl adjacent to an activating group) is 1. The van der Waals surface area contributed by atoms with Gasteiger partial charge in [-0.25, -0.2) is 9.97 Å². The van der Waals surface area contributed by atoms with Crippen molar-refractivity contribution < 1.29 is 4.79 Å². The minimum Gasteiger partial charge on any atom is -0.353 e. The Morgan fingerprint density at radius 1 is 1.29 bits per heavy atom. The molecule has 2 rings (SSSR count). The Labute approximate surface area is 147 Å². The SMILES string of the molecule is Cc1cc(C)c(NC(=O)c2ccnc(NCCN(C)C)n2)c(Cl)c1. The number of amides is 1. The highest BCUT2D eigenvalue weighted by Crippen LogP contribution is 2.27. The van der Waals surface area contributed by atoms with Crippen LogP contribution in [0, 0.1) is 13.8 Å². The van der Waals surface area contributed by atoms with Gasteiger partial charge in [0.25, 0.3) is 5.91 Å². The molecule has 1 heterocycles. The van der Waals surface area contributed by atoms with Gasteiger partial charge in [0.15, 0.2) is 0 Å². The van der Waals surface area contributed by atoms with Crippen LogP contribution in [0.2, 0.25) is 5.02 Å². The molecule has 0 atom stereocenters. The zero-order valence-electron chi connectivity index (χ0n) is 14.4. The number of benzene rings is 1. The summed E-state index contributed by atoms with van der Waals surface area (Å²) in [6.45, 7) is 5.40. The highest BCUT2D eigenvalue weighted by Gasteiger charge is 2.13. The maximum absolute atomic E-state index is 12.4. The molecule has 7 heteroatoms. The molecule has 2 N–H and O–H groups in total. The Kier molecular flexibility index (Phi) is 6.11. The zero-order valence-corrected chi connectivity index (χ0v) is 15.1. The fourth-order valence-corrected chi connectivity index (χ4v) is 2.58. The molecule has 24 heavy (non-hydrogen) atoms.